The second-order valence-electron chi connectivity index (χ2n) is 8.53. The summed E-state index contributed by atoms with van der Waals surface area (Å²) in [6.45, 7) is 0. The van der Waals surface area contributed by atoms with E-state index in [0.717, 1.165) is 36.8 Å². The number of hydrogen-bond acceptors (Lipinski definition) is 5. The van der Waals surface area contributed by atoms with Crippen molar-refractivity contribution in [3.05, 3.63) is 89.4 Å². The Morgan fingerprint density at radius 2 is 1.46 bits per heavy atom. The quantitative estimate of drug-likeness (QED) is 0.140. The van der Waals surface area contributed by atoms with Crippen molar-refractivity contribution in [2.45, 2.75) is 68.1 Å². The molecule has 1 atom stereocenters. The Hall–Kier alpha value is -3.19. The number of aliphatic carboxylic acids is 1. The van der Waals surface area contributed by atoms with Gasteiger partial charge in [-0.1, -0.05) is 92.0 Å². The van der Waals surface area contributed by atoms with E-state index in [1.165, 1.54) is 49.2 Å². The van der Waals surface area contributed by atoms with Gasteiger partial charge in [0.05, 0.1) is 6.42 Å². The predicted molar refractivity (Wildman–Crippen MR) is 138 cm³/mol. The van der Waals surface area contributed by atoms with E-state index in [-0.39, 0.29) is 17.5 Å². The van der Waals surface area contributed by atoms with Crippen LogP contribution in [0.2, 0.25) is 0 Å². The number of aromatic carboxylic acids is 1. The van der Waals surface area contributed by atoms with Crippen LogP contribution in [0.4, 0.5) is 0 Å². The van der Waals surface area contributed by atoms with Crippen LogP contribution in [0.5, 0.6) is 0 Å². The summed E-state index contributed by atoms with van der Waals surface area (Å²) in [5.74, 6) is -2.40. The topological polar surface area (TPSA) is 100 Å². The van der Waals surface area contributed by atoms with Gasteiger partial charge in [0.2, 0.25) is 5.82 Å². The minimum atomic E-state index is -1.21. The van der Waals surface area contributed by atoms with E-state index in [4.69, 9.17) is 5.11 Å². The molecule has 1 aromatic heterocycles. The van der Waals surface area contributed by atoms with Gasteiger partial charge in [0.15, 0.2) is 0 Å². The van der Waals surface area contributed by atoms with Crippen LogP contribution >= 0.6 is 11.8 Å². The van der Waals surface area contributed by atoms with Gasteiger partial charge in [-0.3, -0.25) is 4.79 Å². The number of aromatic nitrogens is 2. The third kappa shape index (κ3) is 9.17. The van der Waals surface area contributed by atoms with Crippen LogP contribution < -0.4 is 0 Å². The third-order valence-electron chi connectivity index (χ3n) is 5.85. The minimum absolute atomic E-state index is 0.0739. The maximum atomic E-state index is 11.6. The number of unbranched alkanes of at least 4 members (excludes halogenated alkanes) is 5. The van der Waals surface area contributed by atoms with Crippen molar-refractivity contribution in [2.75, 3.05) is 0 Å². The summed E-state index contributed by atoms with van der Waals surface area (Å²) in [7, 11) is 0. The van der Waals surface area contributed by atoms with Crippen LogP contribution in [-0.4, -0.2) is 32.1 Å². The maximum Gasteiger partial charge on any atom is 0.373 e. The molecule has 3 rings (SSSR count). The normalized spacial score (nSPS) is 11.8. The summed E-state index contributed by atoms with van der Waals surface area (Å²) >= 11 is 1.27. The molecule has 0 aliphatic rings. The van der Waals surface area contributed by atoms with E-state index in [9.17, 15) is 14.7 Å². The standard InChI is InChI=1S/C28H32N2O4S/c31-26(32)20-24(35-25-18-19-29-27(30-25)28(33)34)23-17-11-10-16-22(23)15-9-4-2-1-3-6-12-21-13-7-5-8-14-21/h5,7-8,10-11,13-14,16-19,24H,1-4,6,9,12,15,20H2,(H,31,32)(H,33,34). The summed E-state index contributed by atoms with van der Waals surface area (Å²) in [6, 6.07) is 20.2. The smallest absolute Gasteiger partial charge is 0.373 e. The summed E-state index contributed by atoms with van der Waals surface area (Å²) in [6.07, 6.45) is 10.4. The number of carboxylic acid groups (broad SMARTS) is 2. The fourth-order valence-electron chi connectivity index (χ4n) is 4.10. The van der Waals surface area contributed by atoms with Crippen LogP contribution in [0.1, 0.15) is 77.5 Å². The van der Waals surface area contributed by atoms with Crippen molar-refractivity contribution < 1.29 is 19.8 Å². The number of thioether (sulfide) groups is 1. The van der Waals surface area contributed by atoms with Crippen LogP contribution in [0, 0.1) is 0 Å². The number of hydrogen-bond donors (Lipinski definition) is 2. The SMILES string of the molecule is O=C(O)CC(Sc1ccnc(C(=O)O)n1)c1ccccc1CCCCCCCCc1ccccc1. The minimum Gasteiger partial charge on any atom is -0.481 e. The number of nitrogens with zero attached hydrogens (tertiary/aromatic N) is 2. The number of rotatable bonds is 15. The van der Waals surface area contributed by atoms with Crippen LogP contribution in [0.25, 0.3) is 0 Å². The first-order valence-electron chi connectivity index (χ1n) is 12.1. The highest BCUT2D eigenvalue weighted by Crippen LogP contribution is 2.39. The zero-order chi connectivity index (χ0) is 24.9. The molecule has 35 heavy (non-hydrogen) atoms. The Labute approximate surface area is 210 Å². The van der Waals surface area contributed by atoms with Crippen molar-refractivity contribution in [3.8, 4) is 0 Å². The Kier molecular flexibility index (Phi) is 10.8. The van der Waals surface area contributed by atoms with E-state index < -0.39 is 11.9 Å². The molecule has 1 unspecified atom stereocenters. The molecule has 0 aliphatic heterocycles. The molecule has 6 nitrogen and oxygen atoms in total. The molecule has 0 saturated carbocycles. The fraction of sp³-hybridized carbons (Fsp3) is 0.357. The number of carboxylic acids is 2. The summed E-state index contributed by atoms with van der Waals surface area (Å²) in [4.78, 5) is 30.6. The second kappa shape index (κ2) is 14.3. The van der Waals surface area contributed by atoms with Crippen molar-refractivity contribution >= 4 is 23.7 Å². The highest BCUT2D eigenvalue weighted by molar-refractivity contribution is 7.99. The summed E-state index contributed by atoms with van der Waals surface area (Å²) < 4.78 is 0. The first-order chi connectivity index (χ1) is 17.0. The van der Waals surface area contributed by atoms with Gasteiger partial charge in [0.25, 0.3) is 0 Å². The average molecular weight is 493 g/mol. The van der Waals surface area contributed by atoms with E-state index in [2.05, 4.69) is 46.4 Å². The predicted octanol–water partition coefficient (Wildman–Crippen LogP) is 6.61. The molecule has 2 aromatic carbocycles. The lowest BCUT2D eigenvalue weighted by Gasteiger charge is -2.18. The molecular formula is C28H32N2O4S. The fourth-order valence-corrected chi connectivity index (χ4v) is 5.26. The lowest BCUT2D eigenvalue weighted by atomic mass is 9.97. The van der Waals surface area contributed by atoms with Crippen molar-refractivity contribution in [1.82, 2.24) is 9.97 Å². The highest BCUT2D eigenvalue weighted by atomic mass is 32.2. The Bertz CT molecular complexity index is 1090. The molecule has 3 aromatic rings. The summed E-state index contributed by atoms with van der Waals surface area (Å²) in [5.41, 5.74) is 3.51. The second-order valence-corrected chi connectivity index (χ2v) is 9.76. The van der Waals surface area contributed by atoms with E-state index in [0.29, 0.717) is 5.03 Å². The maximum absolute atomic E-state index is 11.6. The molecule has 184 valence electrons. The van der Waals surface area contributed by atoms with Gasteiger partial charge in [-0.25, -0.2) is 14.8 Å². The molecular weight excluding hydrogens is 460 g/mol. The van der Waals surface area contributed by atoms with Crippen molar-refractivity contribution in [3.63, 3.8) is 0 Å². The first kappa shape index (κ1) is 26.4. The van der Waals surface area contributed by atoms with Gasteiger partial charge in [-0.2, -0.15) is 0 Å². The monoisotopic (exact) mass is 492 g/mol. The molecule has 0 fully saturated rings. The largest absolute Gasteiger partial charge is 0.481 e. The van der Waals surface area contributed by atoms with Gasteiger partial charge in [-0.05, 0) is 48.4 Å². The Balaban J connectivity index is 1.52. The van der Waals surface area contributed by atoms with Gasteiger partial charge in [0.1, 0.15) is 5.03 Å². The highest BCUT2D eigenvalue weighted by Gasteiger charge is 2.21. The van der Waals surface area contributed by atoms with E-state index >= 15 is 0 Å². The third-order valence-corrected chi connectivity index (χ3v) is 7.02. The molecule has 0 bridgehead atoms. The lowest BCUT2D eigenvalue weighted by molar-refractivity contribution is -0.137. The summed E-state index contributed by atoms with van der Waals surface area (Å²) in [5, 5.41) is 18.8. The molecule has 1 heterocycles. The van der Waals surface area contributed by atoms with Crippen LogP contribution in [0.15, 0.2) is 71.9 Å². The van der Waals surface area contributed by atoms with Gasteiger partial charge in [-0.15, -0.1) is 0 Å². The van der Waals surface area contributed by atoms with E-state index in [1.54, 1.807) is 6.07 Å². The molecule has 0 aliphatic carbocycles. The number of aryl methyl sites for hydroxylation is 2. The van der Waals surface area contributed by atoms with Crippen molar-refractivity contribution in [2.24, 2.45) is 0 Å². The van der Waals surface area contributed by atoms with E-state index in [1.807, 2.05) is 18.2 Å². The van der Waals surface area contributed by atoms with Gasteiger partial charge < -0.3 is 10.2 Å². The van der Waals surface area contributed by atoms with Crippen LogP contribution in [0.3, 0.4) is 0 Å². The van der Waals surface area contributed by atoms with Crippen LogP contribution in [-0.2, 0) is 17.6 Å². The van der Waals surface area contributed by atoms with Gasteiger partial charge in [0, 0.05) is 11.4 Å². The molecule has 0 radical (unpaired) electrons. The van der Waals surface area contributed by atoms with Gasteiger partial charge >= 0.3 is 11.9 Å². The Morgan fingerprint density at radius 3 is 2.17 bits per heavy atom. The zero-order valence-corrected chi connectivity index (χ0v) is 20.6. The Morgan fingerprint density at radius 1 is 0.800 bits per heavy atom. The first-order valence-corrected chi connectivity index (χ1v) is 13.0. The molecule has 0 spiro atoms. The molecule has 7 heteroatoms. The average Bonchev–Trinajstić information content (AvgIpc) is 2.86. The number of benzene rings is 2. The zero-order valence-electron chi connectivity index (χ0n) is 19.8. The number of carbonyl (C=O) groups is 2. The molecule has 0 saturated heterocycles. The molecule has 2 N–H and O–H groups in total. The molecule has 0 amide bonds. The lowest BCUT2D eigenvalue weighted by Crippen LogP contribution is -2.08. The van der Waals surface area contributed by atoms with Crippen molar-refractivity contribution in [1.29, 1.82) is 0 Å².